The van der Waals surface area contributed by atoms with E-state index in [1.54, 1.807) is 0 Å². The van der Waals surface area contributed by atoms with E-state index < -0.39 is 17.9 Å². The number of nitrogens with one attached hydrogen (secondary N) is 1. The highest BCUT2D eigenvalue weighted by molar-refractivity contribution is 5.86. The number of nitrogens with zero attached hydrogens (tertiary/aromatic N) is 1. The summed E-state index contributed by atoms with van der Waals surface area (Å²) in [6.45, 7) is 0. The number of hydrogen-bond acceptors (Lipinski definition) is 3. The van der Waals surface area contributed by atoms with Crippen LogP contribution < -0.4 is 10.2 Å². The van der Waals surface area contributed by atoms with Crippen molar-refractivity contribution in [3.63, 3.8) is 0 Å². The average Bonchev–Trinajstić information content (AvgIpc) is 2.54. The van der Waals surface area contributed by atoms with E-state index in [2.05, 4.69) is 5.32 Å². The van der Waals surface area contributed by atoms with Gasteiger partial charge in [0.1, 0.15) is 0 Å². The first-order valence-electron chi connectivity index (χ1n) is 4.60. The smallest absolute Gasteiger partial charge is 0.358 e. The van der Waals surface area contributed by atoms with Gasteiger partial charge in [-0.2, -0.15) is 13.2 Å². The van der Waals surface area contributed by atoms with Gasteiger partial charge in [0.25, 0.3) is 0 Å². The first-order valence-corrected chi connectivity index (χ1v) is 4.60. The lowest BCUT2D eigenvalue weighted by molar-refractivity contribution is -0.137. The molecule has 2 rings (SSSR count). The van der Waals surface area contributed by atoms with E-state index in [4.69, 9.17) is 0 Å². The molecule has 1 N–H and O–H groups in total. The maximum Gasteiger partial charge on any atom is 0.418 e. The van der Waals surface area contributed by atoms with Gasteiger partial charge in [-0.3, -0.25) is 4.79 Å². The van der Waals surface area contributed by atoms with Crippen molar-refractivity contribution in [3.8, 4) is 0 Å². The number of fused-ring (bicyclic) bond motifs is 1. The van der Waals surface area contributed by atoms with Crippen molar-refractivity contribution < 1.29 is 18.0 Å². The normalized spacial score (nSPS) is 19.2. The van der Waals surface area contributed by atoms with Gasteiger partial charge in [-0.25, -0.2) is 0 Å². The lowest BCUT2D eigenvalue weighted by Crippen LogP contribution is -2.34. The van der Waals surface area contributed by atoms with Crippen LogP contribution in [0.4, 0.5) is 24.5 Å². The van der Waals surface area contributed by atoms with Gasteiger partial charge in [0, 0.05) is 7.05 Å². The van der Waals surface area contributed by atoms with Crippen LogP contribution in [0.3, 0.4) is 0 Å². The maximum atomic E-state index is 12.7. The van der Waals surface area contributed by atoms with Crippen LogP contribution in [-0.4, -0.2) is 19.5 Å². The van der Waals surface area contributed by atoms with Crippen LogP contribution in [-0.2, 0) is 11.0 Å². The van der Waals surface area contributed by atoms with Gasteiger partial charge in [0.05, 0.1) is 16.9 Å². The molecule has 6 heteroatoms. The predicted molar refractivity (Wildman–Crippen MR) is 53.3 cm³/mol. The van der Waals surface area contributed by atoms with Crippen molar-refractivity contribution in [3.05, 3.63) is 23.8 Å². The Bertz CT molecular complexity index is 431. The largest absolute Gasteiger partial charge is 0.418 e. The molecule has 0 fully saturated rings. The van der Waals surface area contributed by atoms with Crippen LogP contribution in [0.5, 0.6) is 0 Å². The van der Waals surface area contributed by atoms with Crippen molar-refractivity contribution in [2.75, 3.05) is 17.3 Å². The van der Waals surface area contributed by atoms with E-state index in [9.17, 15) is 18.0 Å². The fraction of sp³-hybridized carbons (Fsp3) is 0.300. The average molecular weight is 230 g/mol. The first-order chi connectivity index (χ1) is 7.45. The van der Waals surface area contributed by atoms with Gasteiger partial charge in [0.2, 0.25) is 0 Å². The lowest BCUT2D eigenvalue weighted by atomic mass is 10.1. The van der Waals surface area contributed by atoms with Crippen molar-refractivity contribution in [1.29, 1.82) is 0 Å². The van der Waals surface area contributed by atoms with Crippen molar-refractivity contribution >= 4 is 17.7 Å². The molecule has 0 radical (unpaired) electrons. The zero-order valence-electron chi connectivity index (χ0n) is 8.38. The number of halogens is 3. The van der Waals surface area contributed by atoms with Crippen molar-refractivity contribution in [1.82, 2.24) is 0 Å². The number of rotatable bonds is 1. The second-order valence-electron chi connectivity index (χ2n) is 3.54. The summed E-state index contributed by atoms with van der Waals surface area (Å²) >= 11 is 0. The summed E-state index contributed by atoms with van der Waals surface area (Å²) in [4.78, 5) is 11.9. The number of benzene rings is 1. The SMILES string of the molecule is CN1c2c(cccc2C(F)(F)F)NC1C=O. The molecule has 1 aliphatic heterocycles. The van der Waals surface area contributed by atoms with Gasteiger partial charge in [-0.1, -0.05) is 6.07 Å². The van der Waals surface area contributed by atoms with Gasteiger partial charge in [0.15, 0.2) is 12.5 Å². The van der Waals surface area contributed by atoms with Gasteiger partial charge < -0.3 is 10.2 Å². The molecular formula is C10H9F3N2O. The monoisotopic (exact) mass is 230 g/mol. The van der Waals surface area contributed by atoms with E-state index in [1.807, 2.05) is 0 Å². The molecule has 1 atom stereocenters. The molecule has 1 aromatic carbocycles. The Kier molecular flexibility index (Phi) is 2.29. The Morgan fingerprint density at radius 3 is 2.69 bits per heavy atom. The molecule has 0 aromatic heterocycles. The predicted octanol–water partition coefficient (Wildman–Crippen LogP) is 2.09. The molecule has 0 spiro atoms. The third-order valence-electron chi connectivity index (χ3n) is 2.54. The van der Waals surface area contributed by atoms with E-state index in [0.29, 0.717) is 12.0 Å². The highest BCUT2D eigenvalue weighted by atomic mass is 19.4. The molecule has 0 bridgehead atoms. The molecule has 1 unspecified atom stereocenters. The molecule has 86 valence electrons. The first kappa shape index (κ1) is 10.8. The summed E-state index contributed by atoms with van der Waals surface area (Å²) in [5, 5.41) is 2.70. The van der Waals surface area contributed by atoms with E-state index in [-0.39, 0.29) is 5.69 Å². The van der Waals surface area contributed by atoms with Crippen LogP contribution in [0.15, 0.2) is 18.2 Å². The van der Waals surface area contributed by atoms with Crippen molar-refractivity contribution in [2.24, 2.45) is 0 Å². The number of para-hydroxylation sites is 1. The Morgan fingerprint density at radius 2 is 2.12 bits per heavy atom. The number of alkyl halides is 3. The molecule has 0 saturated heterocycles. The number of aldehydes is 1. The summed E-state index contributed by atoms with van der Waals surface area (Å²) in [6.07, 6.45) is -4.59. The third-order valence-corrected chi connectivity index (χ3v) is 2.54. The van der Waals surface area contributed by atoms with E-state index >= 15 is 0 Å². The van der Waals surface area contributed by atoms with Crippen LogP contribution in [0.2, 0.25) is 0 Å². The second kappa shape index (κ2) is 3.40. The molecule has 0 amide bonds. The molecule has 3 nitrogen and oxygen atoms in total. The van der Waals surface area contributed by atoms with Gasteiger partial charge in [-0.05, 0) is 12.1 Å². The highest BCUT2D eigenvalue weighted by Gasteiger charge is 2.39. The Balaban J connectivity index is 2.55. The second-order valence-corrected chi connectivity index (χ2v) is 3.54. The standard InChI is InChI=1S/C10H9F3N2O/c1-15-8(5-16)14-7-4-2-3-6(9(7)15)10(11,12)13/h2-5,8,14H,1H3. The van der Waals surface area contributed by atoms with E-state index in [1.165, 1.54) is 24.1 Å². The molecular weight excluding hydrogens is 221 g/mol. The quantitative estimate of drug-likeness (QED) is 0.750. The zero-order valence-corrected chi connectivity index (χ0v) is 8.38. The fourth-order valence-corrected chi connectivity index (χ4v) is 1.79. The Morgan fingerprint density at radius 1 is 1.44 bits per heavy atom. The van der Waals surface area contributed by atoms with E-state index in [0.717, 1.165) is 6.07 Å². The lowest BCUT2D eigenvalue weighted by Gasteiger charge is -2.19. The summed E-state index contributed by atoms with van der Waals surface area (Å²) in [6, 6.07) is 3.84. The number of hydrogen-bond donors (Lipinski definition) is 1. The minimum Gasteiger partial charge on any atom is -0.358 e. The molecule has 0 saturated carbocycles. The molecule has 0 aliphatic carbocycles. The fourth-order valence-electron chi connectivity index (χ4n) is 1.79. The summed E-state index contributed by atoms with van der Waals surface area (Å²) < 4.78 is 38.1. The molecule has 16 heavy (non-hydrogen) atoms. The Hall–Kier alpha value is -1.72. The summed E-state index contributed by atoms with van der Waals surface area (Å²) in [5.74, 6) is 0. The zero-order chi connectivity index (χ0) is 11.9. The number of anilines is 2. The Labute approximate surface area is 89.9 Å². The van der Waals surface area contributed by atoms with Crippen molar-refractivity contribution in [2.45, 2.75) is 12.3 Å². The number of likely N-dealkylation sites (N-methyl/N-ethyl adjacent to an activating group) is 1. The third kappa shape index (κ3) is 1.50. The minimum atomic E-state index is -4.42. The maximum absolute atomic E-state index is 12.7. The summed E-state index contributed by atoms with van der Waals surface area (Å²) in [7, 11) is 1.45. The van der Waals surface area contributed by atoms with Gasteiger partial charge in [-0.15, -0.1) is 0 Å². The topological polar surface area (TPSA) is 32.3 Å². The highest BCUT2D eigenvalue weighted by Crippen LogP contribution is 2.43. The number of carbonyl (C=O) groups is 1. The number of carbonyl (C=O) groups excluding carboxylic acids is 1. The minimum absolute atomic E-state index is 0.0205. The van der Waals surface area contributed by atoms with Crippen LogP contribution in [0, 0.1) is 0 Å². The van der Waals surface area contributed by atoms with Crippen LogP contribution in [0.1, 0.15) is 5.56 Å². The van der Waals surface area contributed by atoms with Crippen LogP contribution >= 0.6 is 0 Å². The summed E-state index contributed by atoms with van der Waals surface area (Å²) in [5.41, 5.74) is -0.383. The molecule has 1 heterocycles. The van der Waals surface area contributed by atoms with Gasteiger partial charge >= 0.3 is 6.18 Å². The molecule has 1 aromatic rings. The molecule has 1 aliphatic rings. The van der Waals surface area contributed by atoms with Crippen LogP contribution in [0.25, 0.3) is 0 Å².